The van der Waals surface area contributed by atoms with Crippen LogP contribution in [0.4, 0.5) is 0 Å². The number of carbonyl (C=O) groups excluding carboxylic acids is 3. The van der Waals surface area contributed by atoms with Crippen molar-refractivity contribution in [1.29, 1.82) is 0 Å². The summed E-state index contributed by atoms with van der Waals surface area (Å²) >= 11 is 0. The van der Waals surface area contributed by atoms with Crippen LogP contribution < -0.4 is 0 Å². The van der Waals surface area contributed by atoms with Crippen LogP contribution in [-0.4, -0.2) is 37.2 Å². The molecule has 1 unspecified atom stereocenters. The van der Waals surface area contributed by atoms with Gasteiger partial charge in [-0.25, -0.2) is 0 Å². The SMILES string of the molecule is CCCCCCCCCCCCCCC(=O)OC[C@H](COC(=O)CCCCCCCCCCC(C)C)OC(=O)CCCCCCCCC(C)CC. The van der Waals surface area contributed by atoms with E-state index in [2.05, 4.69) is 34.6 Å². The van der Waals surface area contributed by atoms with Gasteiger partial charge in [-0.1, -0.05) is 202 Å². The molecule has 0 amide bonds. The number of ether oxygens (including phenoxy) is 3. The summed E-state index contributed by atoms with van der Waals surface area (Å²) in [6.45, 7) is 11.3. The molecule has 0 heterocycles. The van der Waals surface area contributed by atoms with Gasteiger partial charge in [0, 0.05) is 19.3 Å². The van der Waals surface area contributed by atoms with Gasteiger partial charge in [0.15, 0.2) is 6.10 Å². The smallest absolute Gasteiger partial charge is 0.306 e. The van der Waals surface area contributed by atoms with E-state index in [1.807, 2.05) is 0 Å². The molecule has 0 aromatic rings. The molecule has 0 rings (SSSR count). The van der Waals surface area contributed by atoms with E-state index in [0.29, 0.717) is 19.3 Å². The maximum atomic E-state index is 12.7. The standard InChI is InChI=1S/C45H86O6/c1-6-8-9-10-11-12-13-14-15-19-25-30-35-43(46)49-38-42(51-45(48)37-32-27-22-21-24-29-34-41(5)7-2)39-50-44(47)36-31-26-20-17-16-18-23-28-33-40(3)4/h40-42H,6-39H2,1-5H3/t41?,42-/m1/s1. The molecule has 0 aromatic carbocycles. The fourth-order valence-electron chi connectivity index (χ4n) is 6.54. The Kier molecular flexibility index (Phi) is 37.0. The predicted molar refractivity (Wildman–Crippen MR) is 215 cm³/mol. The van der Waals surface area contributed by atoms with Gasteiger partial charge in [-0.3, -0.25) is 14.4 Å². The van der Waals surface area contributed by atoms with Crippen LogP contribution in [0.5, 0.6) is 0 Å². The zero-order chi connectivity index (χ0) is 37.6. The highest BCUT2D eigenvalue weighted by molar-refractivity contribution is 5.71. The van der Waals surface area contributed by atoms with Gasteiger partial charge in [-0.05, 0) is 31.1 Å². The highest BCUT2D eigenvalue weighted by Crippen LogP contribution is 2.17. The monoisotopic (exact) mass is 723 g/mol. The fourth-order valence-corrected chi connectivity index (χ4v) is 6.54. The minimum atomic E-state index is -0.761. The summed E-state index contributed by atoms with van der Waals surface area (Å²) < 4.78 is 16.7. The van der Waals surface area contributed by atoms with E-state index in [9.17, 15) is 14.4 Å². The lowest BCUT2D eigenvalue weighted by atomic mass is 10.00. The Morgan fingerprint density at radius 1 is 0.412 bits per heavy atom. The van der Waals surface area contributed by atoms with Gasteiger partial charge < -0.3 is 14.2 Å². The molecule has 0 N–H and O–H groups in total. The molecular weight excluding hydrogens is 636 g/mol. The van der Waals surface area contributed by atoms with Crippen LogP contribution in [0.25, 0.3) is 0 Å². The van der Waals surface area contributed by atoms with Crippen molar-refractivity contribution in [2.45, 2.75) is 246 Å². The van der Waals surface area contributed by atoms with Crippen molar-refractivity contribution in [3.8, 4) is 0 Å². The minimum Gasteiger partial charge on any atom is -0.462 e. The third kappa shape index (κ3) is 38.0. The third-order valence-electron chi connectivity index (χ3n) is 10.3. The van der Waals surface area contributed by atoms with Gasteiger partial charge in [-0.2, -0.15) is 0 Å². The lowest BCUT2D eigenvalue weighted by Gasteiger charge is -2.18. The molecule has 0 fully saturated rings. The van der Waals surface area contributed by atoms with Crippen molar-refractivity contribution in [3.05, 3.63) is 0 Å². The molecule has 0 aromatic heterocycles. The second-order valence-corrected chi connectivity index (χ2v) is 16.1. The van der Waals surface area contributed by atoms with Crippen LogP contribution in [0.15, 0.2) is 0 Å². The van der Waals surface area contributed by atoms with Gasteiger partial charge in [0.2, 0.25) is 0 Å². The van der Waals surface area contributed by atoms with Crippen molar-refractivity contribution in [1.82, 2.24) is 0 Å². The molecule has 0 saturated heterocycles. The summed E-state index contributed by atoms with van der Waals surface area (Å²) in [5, 5.41) is 0. The summed E-state index contributed by atoms with van der Waals surface area (Å²) in [6, 6.07) is 0. The molecule has 0 spiro atoms. The van der Waals surface area contributed by atoms with Crippen molar-refractivity contribution in [3.63, 3.8) is 0 Å². The summed E-state index contributed by atoms with van der Waals surface area (Å²) in [5.74, 6) is 0.743. The lowest BCUT2D eigenvalue weighted by molar-refractivity contribution is -0.167. The Balaban J connectivity index is 4.35. The Hall–Kier alpha value is -1.59. The van der Waals surface area contributed by atoms with Crippen LogP contribution in [0.3, 0.4) is 0 Å². The molecule has 51 heavy (non-hydrogen) atoms. The van der Waals surface area contributed by atoms with Gasteiger partial charge in [0.1, 0.15) is 13.2 Å². The van der Waals surface area contributed by atoms with E-state index < -0.39 is 6.10 Å². The average Bonchev–Trinajstić information content (AvgIpc) is 3.11. The van der Waals surface area contributed by atoms with E-state index >= 15 is 0 Å². The van der Waals surface area contributed by atoms with Crippen molar-refractivity contribution in [2.24, 2.45) is 11.8 Å². The van der Waals surface area contributed by atoms with Gasteiger partial charge in [0.25, 0.3) is 0 Å². The molecule has 302 valence electrons. The Bertz CT molecular complexity index is 781. The lowest BCUT2D eigenvalue weighted by Crippen LogP contribution is -2.30. The summed E-state index contributed by atoms with van der Waals surface area (Å²) in [7, 11) is 0. The number of carbonyl (C=O) groups is 3. The van der Waals surface area contributed by atoms with Crippen LogP contribution in [0.2, 0.25) is 0 Å². The first kappa shape index (κ1) is 49.4. The first-order valence-corrected chi connectivity index (χ1v) is 22.3. The van der Waals surface area contributed by atoms with Crippen LogP contribution in [0, 0.1) is 11.8 Å². The second-order valence-electron chi connectivity index (χ2n) is 16.1. The first-order chi connectivity index (χ1) is 24.8. The molecular formula is C45H86O6. The second kappa shape index (κ2) is 38.1. The normalized spacial score (nSPS) is 12.6. The van der Waals surface area contributed by atoms with Gasteiger partial charge >= 0.3 is 17.9 Å². The minimum absolute atomic E-state index is 0.0660. The molecule has 6 heteroatoms. The Morgan fingerprint density at radius 3 is 1.12 bits per heavy atom. The largest absolute Gasteiger partial charge is 0.462 e. The topological polar surface area (TPSA) is 78.9 Å². The third-order valence-corrected chi connectivity index (χ3v) is 10.3. The molecule has 6 nitrogen and oxygen atoms in total. The molecule has 0 aliphatic carbocycles. The molecule has 0 aliphatic rings. The predicted octanol–water partition coefficient (Wildman–Crippen LogP) is 13.8. The zero-order valence-corrected chi connectivity index (χ0v) is 34.7. The van der Waals surface area contributed by atoms with Crippen molar-refractivity contribution < 1.29 is 28.6 Å². The molecule has 2 atom stereocenters. The number of hydrogen-bond acceptors (Lipinski definition) is 6. The van der Waals surface area contributed by atoms with Crippen LogP contribution in [-0.2, 0) is 28.6 Å². The van der Waals surface area contributed by atoms with Gasteiger partial charge in [0.05, 0.1) is 0 Å². The fraction of sp³-hybridized carbons (Fsp3) is 0.933. The number of esters is 3. The maximum absolute atomic E-state index is 12.7. The molecule has 0 aliphatic heterocycles. The average molecular weight is 723 g/mol. The van der Waals surface area contributed by atoms with E-state index in [1.165, 1.54) is 128 Å². The first-order valence-electron chi connectivity index (χ1n) is 22.3. The number of hydrogen-bond donors (Lipinski definition) is 0. The van der Waals surface area contributed by atoms with Crippen molar-refractivity contribution >= 4 is 17.9 Å². The van der Waals surface area contributed by atoms with Crippen LogP contribution >= 0.6 is 0 Å². The molecule has 0 saturated carbocycles. The molecule has 0 bridgehead atoms. The van der Waals surface area contributed by atoms with Crippen LogP contribution in [0.1, 0.15) is 240 Å². The summed E-state index contributed by atoms with van der Waals surface area (Å²) in [6.07, 6.45) is 35.2. The molecule has 0 radical (unpaired) electrons. The highest BCUT2D eigenvalue weighted by Gasteiger charge is 2.19. The summed E-state index contributed by atoms with van der Waals surface area (Å²) in [5.41, 5.74) is 0. The number of unbranched alkanes of at least 4 members (excludes halogenated alkanes) is 23. The van der Waals surface area contributed by atoms with Gasteiger partial charge in [-0.15, -0.1) is 0 Å². The van der Waals surface area contributed by atoms with E-state index in [4.69, 9.17) is 14.2 Å². The maximum Gasteiger partial charge on any atom is 0.306 e. The van der Waals surface area contributed by atoms with Crippen molar-refractivity contribution in [2.75, 3.05) is 13.2 Å². The van der Waals surface area contributed by atoms with E-state index in [1.54, 1.807) is 0 Å². The number of rotatable bonds is 39. The summed E-state index contributed by atoms with van der Waals surface area (Å²) in [4.78, 5) is 37.6. The quantitative estimate of drug-likeness (QED) is 0.0357. The van der Waals surface area contributed by atoms with E-state index in [0.717, 1.165) is 69.6 Å². The zero-order valence-electron chi connectivity index (χ0n) is 34.7. The van der Waals surface area contributed by atoms with E-state index in [-0.39, 0.29) is 31.1 Å². The Morgan fingerprint density at radius 2 is 0.745 bits per heavy atom. The highest BCUT2D eigenvalue weighted by atomic mass is 16.6. The Labute approximate surface area is 317 Å².